The SMILES string of the molecule is O=C(O)C[n+]1ccccc1.[CaH2]. The number of carboxylic acid groups (broad SMARTS) is 1. The summed E-state index contributed by atoms with van der Waals surface area (Å²) in [4.78, 5) is 10.1. The molecule has 0 radical (unpaired) electrons. The molecule has 0 aliphatic rings. The number of pyridine rings is 1. The summed E-state index contributed by atoms with van der Waals surface area (Å²) in [6.07, 6.45) is 3.43. The maximum atomic E-state index is 10.1. The van der Waals surface area contributed by atoms with Gasteiger partial charge in [-0.1, -0.05) is 6.07 Å². The molecule has 0 unspecified atom stereocenters. The Balaban J connectivity index is 0.000001000. The Kier molecular flexibility index (Phi) is 5.46. The van der Waals surface area contributed by atoms with E-state index < -0.39 is 5.97 Å². The molecule has 1 aromatic rings. The van der Waals surface area contributed by atoms with Gasteiger partial charge in [-0.25, -0.2) is 4.79 Å². The van der Waals surface area contributed by atoms with E-state index in [0.717, 1.165) is 0 Å². The quantitative estimate of drug-likeness (QED) is 0.475. The topological polar surface area (TPSA) is 41.2 Å². The molecule has 56 valence electrons. The molecule has 11 heavy (non-hydrogen) atoms. The van der Waals surface area contributed by atoms with Crippen molar-refractivity contribution in [1.29, 1.82) is 0 Å². The fourth-order valence-corrected chi connectivity index (χ4v) is 0.696. The Labute approximate surface area is 94.7 Å². The van der Waals surface area contributed by atoms with Crippen LogP contribution in [0.5, 0.6) is 0 Å². The van der Waals surface area contributed by atoms with Crippen LogP contribution >= 0.6 is 0 Å². The van der Waals surface area contributed by atoms with Crippen molar-refractivity contribution in [3.05, 3.63) is 30.6 Å². The second kappa shape index (κ2) is 5.52. The van der Waals surface area contributed by atoms with E-state index in [1.807, 2.05) is 6.07 Å². The van der Waals surface area contributed by atoms with Crippen LogP contribution in [0.1, 0.15) is 0 Å². The Bertz CT molecular complexity index is 225. The third-order valence-corrected chi connectivity index (χ3v) is 1.10. The molecule has 0 fully saturated rings. The first-order valence-corrected chi connectivity index (χ1v) is 2.95. The molecule has 0 atom stereocenters. The normalized spacial score (nSPS) is 8.36. The van der Waals surface area contributed by atoms with Crippen molar-refractivity contribution in [3.8, 4) is 0 Å². The van der Waals surface area contributed by atoms with E-state index in [0.29, 0.717) is 0 Å². The van der Waals surface area contributed by atoms with Gasteiger partial charge in [0.2, 0.25) is 6.54 Å². The van der Waals surface area contributed by atoms with Gasteiger partial charge < -0.3 is 5.11 Å². The van der Waals surface area contributed by atoms with Gasteiger partial charge in [-0.3, -0.25) is 0 Å². The van der Waals surface area contributed by atoms with Crippen LogP contribution in [0.4, 0.5) is 0 Å². The summed E-state index contributed by atoms with van der Waals surface area (Å²) < 4.78 is 1.60. The molecule has 1 heterocycles. The number of aromatic nitrogens is 1. The van der Waals surface area contributed by atoms with Crippen molar-refractivity contribution < 1.29 is 14.5 Å². The van der Waals surface area contributed by atoms with Gasteiger partial charge in [0, 0.05) is 12.1 Å². The molecule has 0 saturated heterocycles. The molecule has 1 rings (SSSR count). The minimum atomic E-state index is -0.823. The number of rotatable bonds is 2. The summed E-state index contributed by atoms with van der Waals surface area (Å²) >= 11 is 0. The predicted molar refractivity (Wildman–Crippen MR) is 42.8 cm³/mol. The summed E-state index contributed by atoms with van der Waals surface area (Å²) in [5.74, 6) is -0.823. The second-order valence-electron chi connectivity index (χ2n) is 1.94. The van der Waals surface area contributed by atoms with Crippen molar-refractivity contribution in [2.45, 2.75) is 6.54 Å². The Hall–Kier alpha value is -0.120. The number of hydrogen-bond donors (Lipinski definition) is 1. The molecular formula is C7H10CaNO2+. The molecule has 0 aliphatic carbocycles. The summed E-state index contributed by atoms with van der Waals surface area (Å²) in [7, 11) is 0. The molecule has 0 amide bonds. The van der Waals surface area contributed by atoms with E-state index in [1.165, 1.54) is 0 Å². The third kappa shape index (κ3) is 4.35. The van der Waals surface area contributed by atoms with Crippen LogP contribution in [0.25, 0.3) is 0 Å². The number of carboxylic acids is 1. The molecule has 0 spiro atoms. The summed E-state index contributed by atoms with van der Waals surface area (Å²) in [6.45, 7) is 0.0286. The molecule has 0 aliphatic heterocycles. The van der Waals surface area contributed by atoms with Gasteiger partial charge >= 0.3 is 43.7 Å². The average Bonchev–Trinajstić information content (AvgIpc) is 1.88. The van der Waals surface area contributed by atoms with Crippen LogP contribution in [-0.4, -0.2) is 48.8 Å². The monoisotopic (exact) mass is 180 g/mol. The molecule has 4 heteroatoms. The van der Waals surface area contributed by atoms with Crippen molar-refractivity contribution in [3.63, 3.8) is 0 Å². The van der Waals surface area contributed by atoms with Crippen LogP contribution in [0.2, 0.25) is 0 Å². The van der Waals surface area contributed by atoms with Gasteiger partial charge in [-0.05, 0) is 0 Å². The van der Waals surface area contributed by atoms with E-state index in [1.54, 1.807) is 29.1 Å². The van der Waals surface area contributed by atoms with Gasteiger partial charge in [0.15, 0.2) is 12.4 Å². The van der Waals surface area contributed by atoms with Crippen molar-refractivity contribution in [1.82, 2.24) is 0 Å². The minimum absolute atomic E-state index is 0. The van der Waals surface area contributed by atoms with Crippen LogP contribution in [0.15, 0.2) is 30.6 Å². The Morgan fingerprint density at radius 3 is 2.27 bits per heavy atom. The van der Waals surface area contributed by atoms with Crippen molar-refractivity contribution in [2.24, 2.45) is 0 Å². The van der Waals surface area contributed by atoms with Gasteiger partial charge in [-0.15, -0.1) is 0 Å². The van der Waals surface area contributed by atoms with Crippen LogP contribution in [0, 0.1) is 0 Å². The Morgan fingerprint density at radius 1 is 1.27 bits per heavy atom. The van der Waals surface area contributed by atoms with Gasteiger partial charge in [0.1, 0.15) is 0 Å². The zero-order valence-electron chi connectivity index (χ0n) is 5.40. The van der Waals surface area contributed by atoms with Crippen LogP contribution in [0.3, 0.4) is 0 Å². The van der Waals surface area contributed by atoms with Gasteiger partial charge in [-0.2, -0.15) is 4.57 Å². The summed E-state index contributed by atoms with van der Waals surface area (Å²) in [6, 6.07) is 5.43. The predicted octanol–water partition coefficient (Wildman–Crippen LogP) is -0.858. The number of hydrogen-bond acceptors (Lipinski definition) is 1. The third-order valence-electron chi connectivity index (χ3n) is 1.10. The number of carbonyl (C=O) groups is 1. The van der Waals surface area contributed by atoms with E-state index >= 15 is 0 Å². The molecule has 1 N–H and O–H groups in total. The van der Waals surface area contributed by atoms with E-state index in [9.17, 15) is 4.79 Å². The second-order valence-corrected chi connectivity index (χ2v) is 1.94. The first kappa shape index (κ1) is 10.9. The number of nitrogens with zero attached hydrogens (tertiary/aromatic N) is 1. The average molecular weight is 180 g/mol. The van der Waals surface area contributed by atoms with Gasteiger partial charge in [0.25, 0.3) is 0 Å². The van der Waals surface area contributed by atoms with Crippen LogP contribution < -0.4 is 4.57 Å². The zero-order chi connectivity index (χ0) is 7.40. The first-order valence-electron chi connectivity index (χ1n) is 2.95. The van der Waals surface area contributed by atoms with Crippen molar-refractivity contribution >= 4 is 43.7 Å². The Morgan fingerprint density at radius 2 is 1.82 bits per heavy atom. The molecule has 0 bridgehead atoms. The maximum absolute atomic E-state index is 10.1. The first-order chi connectivity index (χ1) is 4.79. The number of aliphatic carboxylic acids is 1. The standard InChI is InChI=1S/C7H7NO2.Ca.2H/c9-7(10)6-8-4-2-1-3-5-8;;;/h1-5H,6H2;;;/p+1. The molecule has 1 aromatic heterocycles. The molecular weight excluding hydrogens is 170 g/mol. The summed E-state index contributed by atoms with van der Waals surface area (Å²) in [5, 5.41) is 8.35. The molecule has 0 aromatic carbocycles. The fraction of sp³-hybridized carbons (Fsp3) is 0.143. The summed E-state index contributed by atoms with van der Waals surface area (Å²) in [5.41, 5.74) is 0. The molecule has 3 nitrogen and oxygen atoms in total. The van der Waals surface area contributed by atoms with E-state index in [4.69, 9.17) is 5.11 Å². The van der Waals surface area contributed by atoms with E-state index in [-0.39, 0.29) is 44.3 Å². The van der Waals surface area contributed by atoms with Crippen molar-refractivity contribution in [2.75, 3.05) is 0 Å². The fourth-order valence-electron chi connectivity index (χ4n) is 0.696. The zero-order valence-corrected chi connectivity index (χ0v) is 5.40. The van der Waals surface area contributed by atoms with Crippen LogP contribution in [-0.2, 0) is 11.3 Å². The van der Waals surface area contributed by atoms with Gasteiger partial charge in [0.05, 0.1) is 0 Å². The van der Waals surface area contributed by atoms with E-state index in [2.05, 4.69) is 0 Å². The molecule has 0 saturated carbocycles.